The molecule has 1 fully saturated rings. The zero-order chi connectivity index (χ0) is 10.8. The Morgan fingerprint density at radius 3 is 3.00 bits per heavy atom. The van der Waals surface area contributed by atoms with Crippen molar-refractivity contribution in [2.75, 3.05) is 13.1 Å². The highest BCUT2D eigenvalue weighted by Gasteiger charge is 2.12. The highest BCUT2D eigenvalue weighted by molar-refractivity contribution is 6.32. The van der Waals surface area contributed by atoms with E-state index >= 15 is 0 Å². The maximum Gasteiger partial charge on any atom is 0.0888 e. The molecule has 2 rings (SSSR count). The molecule has 1 saturated heterocycles. The maximum absolute atomic E-state index is 6.22. The Morgan fingerprint density at radius 2 is 2.40 bits per heavy atom. The van der Waals surface area contributed by atoms with Gasteiger partial charge in [-0.15, -0.1) is 0 Å². The predicted molar refractivity (Wildman–Crippen MR) is 63.1 cm³/mol. The van der Waals surface area contributed by atoms with Gasteiger partial charge >= 0.3 is 0 Å². The van der Waals surface area contributed by atoms with Crippen molar-refractivity contribution in [2.24, 2.45) is 0 Å². The summed E-state index contributed by atoms with van der Waals surface area (Å²) in [6.07, 6.45) is 3.29. The zero-order valence-electron chi connectivity index (χ0n) is 9.18. The fourth-order valence-corrected chi connectivity index (χ4v) is 2.05. The number of halogens is 1. The predicted octanol–water partition coefficient (Wildman–Crippen LogP) is 2.24. The molecule has 0 unspecified atom stereocenters. The molecule has 0 bridgehead atoms. The summed E-state index contributed by atoms with van der Waals surface area (Å²) < 4.78 is 1.96. The molecule has 0 aromatic carbocycles. The lowest BCUT2D eigenvalue weighted by molar-refractivity contribution is 0.647. The molecule has 3 nitrogen and oxygen atoms in total. The fourth-order valence-electron chi connectivity index (χ4n) is 1.86. The summed E-state index contributed by atoms with van der Waals surface area (Å²) in [7, 11) is 0. The highest BCUT2D eigenvalue weighted by Crippen LogP contribution is 2.23. The van der Waals surface area contributed by atoms with E-state index in [2.05, 4.69) is 23.4 Å². The highest BCUT2D eigenvalue weighted by atomic mass is 35.5. The summed E-state index contributed by atoms with van der Waals surface area (Å²) >= 11 is 6.22. The van der Waals surface area contributed by atoms with E-state index in [1.54, 1.807) is 0 Å². The first-order chi connectivity index (χ1) is 7.22. The second-order valence-corrected chi connectivity index (χ2v) is 4.21. The molecule has 0 atom stereocenters. The minimum Gasteiger partial charge on any atom is -0.313 e. The van der Waals surface area contributed by atoms with Crippen LogP contribution in [0.25, 0.3) is 6.08 Å². The monoisotopic (exact) mass is 225 g/mol. The van der Waals surface area contributed by atoms with Crippen LogP contribution in [0.2, 0.25) is 5.02 Å². The Labute approximate surface area is 95.1 Å². The van der Waals surface area contributed by atoms with Gasteiger partial charge in [0.2, 0.25) is 0 Å². The van der Waals surface area contributed by atoms with Crippen LogP contribution < -0.4 is 5.32 Å². The number of aryl methyl sites for hydroxylation is 2. The van der Waals surface area contributed by atoms with Crippen LogP contribution in [0.1, 0.15) is 24.7 Å². The van der Waals surface area contributed by atoms with Crippen LogP contribution in [-0.2, 0) is 6.54 Å². The quantitative estimate of drug-likeness (QED) is 0.837. The van der Waals surface area contributed by atoms with Crippen molar-refractivity contribution in [1.29, 1.82) is 0 Å². The third-order valence-electron chi connectivity index (χ3n) is 2.71. The summed E-state index contributed by atoms with van der Waals surface area (Å²) in [6.45, 7) is 6.94. The molecule has 0 amide bonds. The van der Waals surface area contributed by atoms with Crippen molar-refractivity contribution >= 4 is 17.7 Å². The van der Waals surface area contributed by atoms with Gasteiger partial charge in [-0.1, -0.05) is 17.2 Å². The fraction of sp³-hybridized carbons (Fsp3) is 0.545. The average molecular weight is 226 g/mol. The van der Waals surface area contributed by atoms with E-state index in [0.717, 1.165) is 42.5 Å². The van der Waals surface area contributed by atoms with Gasteiger partial charge in [-0.05, 0) is 32.9 Å². The van der Waals surface area contributed by atoms with Gasteiger partial charge in [0.1, 0.15) is 0 Å². The number of hydrogen-bond acceptors (Lipinski definition) is 2. The molecule has 1 aromatic rings. The van der Waals surface area contributed by atoms with Crippen LogP contribution in [-0.4, -0.2) is 22.9 Å². The van der Waals surface area contributed by atoms with Gasteiger partial charge in [0.25, 0.3) is 0 Å². The standard InChI is InChI=1S/C11H16ClN3/c1-3-15-10(11(12)8(2)14-15)6-9-4-5-13-7-9/h6,13H,3-5,7H2,1-2H3. The Bertz CT molecular complexity index is 385. The van der Waals surface area contributed by atoms with Crippen molar-refractivity contribution in [3.8, 4) is 0 Å². The van der Waals surface area contributed by atoms with Gasteiger partial charge in [-0.2, -0.15) is 5.10 Å². The van der Waals surface area contributed by atoms with Gasteiger partial charge < -0.3 is 5.32 Å². The smallest absolute Gasteiger partial charge is 0.0888 e. The first-order valence-corrected chi connectivity index (χ1v) is 5.73. The minimum atomic E-state index is 0.788. The van der Waals surface area contributed by atoms with E-state index in [0.29, 0.717) is 0 Å². The molecule has 2 heterocycles. The van der Waals surface area contributed by atoms with Gasteiger partial charge in [0.05, 0.1) is 16.4 Å². The Morgan fingerprint density at radius 1 is 1.60 bits per heavy atom. The third-order valence-corrected chi connectivity index (χ3v) is 3.17. The van der Waals surface area contributed by atoms with Crippen molar-refractivity contribution in [1.82, 2.24) is 15.1 Å². The number of aromatic nitrogens is 2. The second-order valence-electron chi connectivity index (χ2n) is 3.83. The van der Waals surface area contributed by atoms with E-state index < -0.39 is 0 Å². The summed E-state index contributed by atoms with van der Waals surface area (Å²) in [5.74, 6) is 0. The molecule has 4 heteroatoms. The summed E-state index contributed by atoms with van der Waals surface area (Å²) in [5.41, 5.74) is 3.37. The lowest BCUT2D eigenvalue weighted by atomic mass is 10.2. The van der Waals surface area contributed by atoms with Crippen LogP contribution >= 0.6 is 11.6 Å². The maximum atomic E-state index is 6.22. The van der Waals surface area contributed by atoms with Gasteiger partial charge in [0.15, 0.2) is 0 Å². The van der Waals surface area contributed by atoms with Crippen molar-refractivity contribution in [3.05, 3.63) is 22.0 Å². The normalized spacial score (nSPS) is 19.0. The van der Waals surface area contributed by atoms with Crippen LogP contribution in [0.15, 0.2) is 5.57 Å². The second kappa shape index (κ2) is 4.37. The van der Waals surface area contributed by atoms with E-state index in [4.69, 9.17) is 11.6 Å². The SMILES string of the molecule is CCn1nc(C)c(Cl)c1C=C1CCNC1. The largest absolute Gasteiger partial charge is 0.313 e. The molecule has 0 saturated carbocycles. The topological polar surface area (TPSA) is 29.9 Å². The number of hydrogen-bond donors (Lipinski definition) is 1. The molecule has 82 valence electrons. The van der Waals surface area contributed by atoms with E-state index in [1.807, 2.05) is 11.6 Å². The molecule has 1 aliphatic rings. The Kier molecular flexibility index (Phi) is 3.12. The summed E-state index contributed by atoms with van der Waals surface area (Å²) in [5, 5.41) is 8.49. The first kappa shape index (κ1) is 10.7. The molecular formula is C11H16ClN3. The van der Waals surface area contributed by atoms with Crippen molar-refractivity contribution in [3.63, 3.8) is 0 Å². The number of nitrogens with zero attached hydrogens (tertiary/aromatic N) is 2. The molecule has 15 heavy (non-hydrogen) atoms. The average Bonchev–Trinajstić information content (AvgIpc) is 2.82. The van der Waals surface area contributed by atoms with Crippen LogP contribution in [0.3, 0.4) is 0 Å². The molecule has 0 aliphatic carbocycles. The van der Waals surface area contributed by atoms with Gasteiger partial charge in [-0.25, -0.2) is 0 Å². The van der Waals surface area contributed by atoms with Crippen molar-refractivity contribution < 1.29 is 0 Å². The van der Waals surface area contributed by atoms with Gasteiger partial charge in [0, 0.05) is 13.1 Å². The zero-order valence-corrected chi connectivity index (χ0v) is 9.93. The van der Waals surface area contributed by atoms with E-state index in [1.165, 1.54) is 5.57 Å². The van der Waals surface area contributed by atoms with Crippen LogP contribution in [0, 0.1) is 6.92 Å². The van der Waals surface area contributed by atoms with E-state index in [-0.39, 0.29) is 0 Å². The third kappa shape index (κ3) is 2.08. The van der Waals surface area contributed by atoms with Gasteiger partial charge in [-0.3, -0.25) is 4.68 Å². The summed E-state index contributed by atoms with van der Waals surface area (Å²) in [6, 6.07) is 0. The van der Waals surface area contributed by atoms with E-state index in [9.17, 15) is 0 Å². The molecular weight excluding hydrogens is 210 g/mol. The number of nitrogens with one attached hydrogen (secondary N) is 1. The lowest BCUT2D eigenvalue weighted by Crippen LogP contribution is -2.05. The Balaban J connectivity index is 2.37. The molecule has 1 aromatic heterocycles. The molecule has 0 radical (unpaired) electrons. The molecule has 1 N–H and O–H groups in total. The number of rotatable bonds is 2. The van der Waals surface area contributed by atoms with Crippen LogP contribution in [0.5, 0.6) is 0 Å². The van der Waals surface area contributed by atoms with Crippen molar-refractivity contribution in [2.45, 2.75) is 26.8 Å². The molecule has 1 aliphatic heterocycles. The lowest BCUT2D eigenvalue weighted by Gasteiger charge is -2.01. The molecule has 0 spiro atoms. The minimum absolute atomic E-state index is 0.788. The first-order valence-electron chi connectivity index (χ1n) is 5.35. The summed E-state index contributed by atoms with van der Waals surface area (Å²) in [4.78, 5) is 0. The Hall–Kier alpha value is -0.800. The van der Waals surface area contributed by atoms with Crippen LogP contribution in [0.4, 0.5) is 0 Å².